The summed E-state index contributed by atoms with van der Waals surface area (Å²) in [5.41, 5.74) is 1.12. The van der Waals surface area contributed by atoms with Crippen LogP contribution in [-0.4, -0.2) is 76.6 Å². The Kier molecular flexibility index (Phi) is 11.0. The Bertz CT molecular complexity index is 635. The third-order valence-electron chi connectivity index (χ3n) is 5.60. The average Bonchev–Trinajstić information content (AvgIpc) is 2.74. The summed E-state index contributed by atoms with van der Waals surface area (Å²) in [5.74, 6) is 0.869. The Morgan fingerprint density at radius 3 is 2.48 bits per heavy atom. The van der Waals surface area contributed by atoms with Crippen molar-refractivity contribution in [3.05, 3.63) is 34.9 Å². The lowest BCUT2D eigenvalue weighted by molar-refractivity contribution is 0.0389. The number of halogens is 2. The summed E-state index contributed by atoms with van der Waals surface area (Å²) in [4.78, 5) is 7.37. The van der Waals surface area contributed by atoms with E-state index >= 15 is 0 Å². The lowest BCUT2D eigenvalue weighted by Gasteiger charge is -2.37. The first-order chi connectivity index (χ1) is 13.7. The molecule has 0 aromatic heterocycles. The van der Waals surface area contributed by atoms with Crippen LogP contribution in [0.3, 0.4) is 0 Å². The molecule has 2 N–H and O–H groups in total. The van der Waals surface area contributed by atoms with Gasteiger partial charge in [-0.25, -0.2) is 0 Å². The molecular weight excluding hydrogens is 503 g/mol. The van der Waals surface area contributed by atoms with Gasteiger partial charge in [-0.3, -0.25) is 9.89 Å². The van der Waals surface area contributed by atoms with Gasteiger partial charge >= 0.3 is 0 Å². The second-order valence-corrected chi connectivity index (χ2v) is 7.86. The summed E-state index contributed by atoms with van der Waals surface area (Å²) < 4.78 is 11.0. The van der Waals surface area contributed by atoms with Crippen LogP contribution in [0.5, 0.6) is 0 Å². The molecule has 2 fully saturated rings. The highest BCUT2D eigenvalue weighted by Crippen LogP contribution is 2.38. The number of morpholine rings is 1. The van der Waals surface area contributed by atoms with Crippen LogP contribution >= 0.6 is 35.6 Å². The van der Waals surface area contributed by atoms with Gasteiger partial charge in [0.15, 0.2) is 5.96 Å². The molecule has 3 rings (SSSR count). The number of rotatable bonds is 7. The zero-order valence-corrected chi connectivity index (χ0v) is 20.4. The third kappa shape index (κ3) is 7.24. The van der Waals surface area contributed by atoms with Crippen LogP contribution in [0.2, 0.25) is 5.02 Å². The number of hydrogen-bond acceptors (Lipinski definition) is 4. The van der Waals surface area contributed by atoms with Crippen molar-refractivity contribution in [2.24, 2.45) is 4.99 Å². The minimum absolute atomic E-state index is 0. The smallest absolute Gasteiger partial charge is 0.191 e. The molecule has 6 nitrogen and oxygen atoms in total. The van der Waals surface area contributed by atoms with Gasteiger partial charge in [0.25, 0.3) is 0 Å². The first-order valence-electron chi connectivity index (χ1n) is 10.4. The zero-order chi connectivity index (χ0) is 19.7. The first kappa shape index (κ1) is 24.7. The van der Waals surface area contributed by atoms with E-state index < -0.39 is 0 Å². The van der Waals surface area contributed by atoms with Crippen LogP contribution in [0.1, 0.15) is 25.3 Å². The van der Waals surface area contributed by atoms with Crippen molar-refractivity contribution in [1.29, 1.82) is 0 Å². The molecule has 2 heterocycles. The molecule has 164 valence electrons. The molecule has 2 aliphatic rings. The molecule has 0 amide bonds. The molecule has 1 aromatic carbocycles. The van der Waals surface area contributed by atoms with E-state index in [1.807, 2.05) is 12.1 Å². The van der Waals surface area contributed by atoms with E-state index in [1.165, 1.54) is 5.56 Å². The van der Waals surface area contributed by atoms with Crippen molar-refractivity contribution in [2.45, 2.75) is 25.2 Å². The Labute approximate surface area is 196 Å². The molecule has 2 saturated heterocycles. The maximum atomic E-state index is 6.56. The molecule has 8 heteroatoms. The second-order valence-electron chi connectivity index (χ2n) is 7.45. The van der Waals surface area contributed by atoms with Crippen LogP contribution in [0.15, 0.2) is 29.3 Å². The second kappa shape index (κ2) is 12.9. The predicted molar refractivity (Wildman–Crippen MR) is 130 cm³/mol. The number of benzene rings is 1. The summed E-state index contributed by atoms with van der Waals surface area (Å²) in [6.07, 6.45) is 1.88. The van der Waals surface area contributed by atoms with Crippen molar-refractivity contribution < 1.29 is 9.47 Å². The molecule has 0 aliphatic carbocycles. The van der Waals surface area contributed by atoms with Gasteiger partial charge in [0.1, 0.15) is 0 Å². The van der Waals surface area contributed by atoms with E-state index in [4.69, 9.17) is 26.1 Å². The van der Waals surface area contributed by atoms with E-state index in [0.29, 0.717) is 6.54 Å². The minimum atomic E-state index is -0.0663. The van der Waals surface area contributed by atoms with Gasteiger partial charge in [0.2, 0.25) is 0 Å². The van der Waals surface area contributed by atoms with E-state index in [2.05, 4.69) is 34.6 Å². The van der Waals surface area contributed by atoms with Crippen LogP contribution in [0, 0.1) is 0 Å². The summed E-state index contributed by atoms with van der Waals surface area (Å²) in [5, 5.41) is 7.68. The maximum Gasteiger partial charge on any atom is 0.191 e. The fraction of sp³-hybridized carbons (Fsp3) is 0.667. The normalized spacial score (nSPS) is 20.0. The quantitative estimate of drug-likeness (QED) is 0.319. The average molecular weight is 537 g/mol. The molecule has 0 radical (unpaired) electrons. The Morgan fingerprint density at radius 2 is 1.79 bits per heavy atom. The monoisotopic (exact) mass is 536 g/mol. The summed E-state index contributed by atoms with van der Waals surface area (Å²) in [7, 11) is 0. The number of guanidine groups is 1. The zero-order valence-electron chi connectivity index (χ0n) is 17.3. The van der Waals surface area contributed by atoms with Gasteiger partial charge in [-0.05, 0) is 31.4 Å². The van der Waals surface area contributed by atoms with Gasteiger partial charge in [0.05, 0.1) is 19.8 Å². The number of ether oxygens (including phenoxy) is 2. The fourth-order valence-electron chi connectivity index (χ4n) is 3.90. The highest BCUT2D eigenvalue weighted by Gasteiger charge is 2.36. The van der Waals surface area contributed by atoms with Gasteiger partial charge < -0.3 is 20.1 Å². The molecule has 29 heavy (non-hydrogen) atoms. The molecular formula is C21H34ClIN4O2. The van der Waals surface area contributed by atoms with E-state index in [-0.39, 0.29) is 29.4 Å². The fourth-order valence-corrected chi connectivity index (χ4v) is 4.23. The SMILES string of the molecule is CCNC(=NCC1(c2ccccc2Cl)CCOCC1)NCCN1CCOCC1.I. The molecule has 0 unspecified atom stereocenters. The minimum Gasteiger partial charge on any atom is -0.381 e. The van der Waals surface area contributed by atoms with Crippen LogP contribution in [0.4, 0.5) is 0 Å². The number of hydrogen-bond donors (Lipinski definition) is 2. The van der Waals surface area contributed by atoms with Gasteiger partial charge in [-0.15, -0.1) is 24.0 Å². The molecule has 0 bridgehead atoms. The molecule has 2 aliphatic heterocycles. The van der Waals surface area contributed by atoms with Crippen molar-refractivity contribution in [3.8, 4) is 0 Å². The highest BCUT2D eigenvalue weighted by atomic mass is 127. The van der Waals surface area contributed by atoms with Gasteiger partial charge in [-0.1, -0.05) is 29.8 Å². The van der Waals surface area contributed by atoms with E-state index in [0.717, 1.165) is 83.0 Å². The van der Waals surface area contributed by atoms with Crippen LogP contribution in [0.25, 0.3) is 0 Å². The Balaban J connectivity index is 0.00000300. The van der Waals surface area contributed by atoms with Crippen LogP contribution in [-0.2, 0) is 14.9 Å². The first-order valence-corrected chi connectivity index (χ1v) is 10.8. The van der Waals surface area contributed by atoms with Crippen molar-refractivity contribution in [2.75, 3.05) is 65.7 Å². The van der Waals surface area contributed by atoms with Gasteiger partial charge in [-0.2, -0.15) is 0 Å². The number of nitrogens with one attached hydrogen (secondary N) is 2. The maximum absolute atomic E-state index is 6.56. The largest absolute Gasteiger partial charge is 0.381 e. The Hall–Kier alpha value is -0.610. The number of aliphatic imine (C=N–C) groups is 1. The molecule has 1 aromatic rings. The van der Waals surface area contributed by atoms with Gasteiger partial charge in [0, 0.05) is 56.4 Å². The van der Waals surface area contributed by atoms with Crippen molar-refractivity contribution in [3.63, 3.8) is 0 Å². The lowest BCUT2D eigenvalue weighted by Crippen LogP contribution is -2.45. The summed E-state index contributed by atoms with van der Waals surface area (Å²) >= 11 is 6.56. The highest BCUT2D eigenvalue weighted by molar-refractivity contribution is 14.0. The molecule has 0 atom stereocenters. The van der Waals surface area contributed by atoms with E-state index in [1.54, 1.807) is 0 Å². The third-order valence-corrected chi connectivity index (χ3v) is 5.93. The van der Waals surface area contributed by atoms with Crippen LogP contribution < -0.4 is 10.6 Å². The van der Waals surface area contributed by atoms with E-state index in [9.17, 15) is 0 Å². The number of nitrogens with zero attached hydrogens (tertiary/aromatic N) is 2. The standard InChI is InChI=1S/C21H33ClN4O2.HI/c1-2-23-20(24-9-10-26-11-15-28-16-12-26)25-17-21(7-13-27-14-8-21)18-5-3-4-6-19(18)22;/h3-6H,2,7-17H2,1H3,(H2,23,24,25);1H. The molecule has 0 spiro atoms. The topological polar surface area (TPSA) is 58.1 Å². The van der Waals surface area contributed by atoms with Crippen molar-refractivity contribution in [1.82, 2.24) is 15.5 Å². The molecule has 0 saturated carbocycles. The predicted octanol–water partition coefficient (Wildman–Crippen LogP) is 2.89. The van der Waals surface area contributed by atoms with Crippen molar-refractivity contribution >= 4 is 41.5 Å². The Morgan fingerprint density at radius 1 is 1.10 bits per heavy atom. The summed E-state index contributed by atoms with van der Waals surface area (Å²) in [6, 6.07) is 8.17. The summed E-state index contributed by atoms with van der Waals surface area (Å²) in [6.45, 7) is 10.7. The lowest BCUT2D eigenvalue weighted by atomic mass is 9.74.